The van der Waals surface area contributed by atoms with E-state index >= 15 is 0 Å². The minimum Gasteiger partial charge on any atom is -0.507 e. The van der Waals surface area contributed by atoms with Crippen LogP contribution in [0, 0.1) is 5.82 Å². The first kappa shape index (κ1) is 21.5. The molecule has 1 unspecified atom stereocenters. The Kier molecular flexibility index (Phi) is 4.94. The van der Waals surface area contributed by atoms with Gasteiger partial charge < -0.3 is 14.6 Å². The molecule has 2 aromatic carbocycles. The highest BCUT2D eigenvalue weighted by atomic mass is 35.5. The molecule has 0 saturated carbocycles. The number of carbonyl (C=O) groups is 2. The fourth-order valence-electron chi connectivity index (χ4n) is 4.10. The van der Waals surface area contributed by atoms with Crippen LogP contribution in [0.3, 0.4) is 0 Å². The van der Waals surface area contributed by atoms with Crippen LogP contribution in [-0.4, -0.2) is 33.6 Å². The molecule has 4 heterocycles. The predicted molar refractivity (Wildman–Crippen MR) is 126 cm³/mol. The maximum absolute atomic E-state index is 14.0. The third-order valence-electron chi connectivity index (χ3n) is 5.74. The van der Waals surface area contributed by atoms with Crippen LogP contribution in [-0.2, 0) is 9.59 Å². The van der Waals surface area contributed by atoms with E-state index in [9.17, 15) is 19.1 Å². The fourth-order valence-corrected chi connectivity index (χ4v) is 5.26. The molecule has 8 nitrogen and oxygen atoms in total. The number of aromatic nitrogens is 2. The number of pyridine rings is 1. The summed E-state index contributed by atoms with van der Waals surface area (Å²) in [4.78, 5) is 36.2. The van der Waals surface area contributed by atoms with E-state index in [1.54, 1.807) is 24.3 Å². The molecule has 6 rings (SSSR count). The standard InChI is InChI=1S/C24H13ClFN3O5S/c25-13-8-15-18(9-14(13)26)35-24(28-15)29-20(11-3-5-27-6-4-11)19(22(31)23(29)32)21(30)12-1-2-16-17(7-12)34-10-33-16/h1-9,20,30H,10H2/b21-19+. The maximum atomic E-state index is 14.0. The number of hydrogen-bond acceptors (Lipinski definition) is 8. The number of rotatable bonds is 3. The van der Waals surface area contributed by atoms with Gasteiger partial charge in [0.1, 0.15) is 11.6 Å². The SMILES string of the molecule is O=C1C(=O)N(c2nc3cc(Cl)c(F)cc3s2)C(c2ccncc2)/C1=C(\O)c1ccc2c(c1)OCO2. The summed E-state index contributed by atoms with van der Waals surface area (Å²) in [7, 11) is 0. The van der Waals surface area contributed by atoms with Crippen molar-refractivity contribution in [1.29, 1.82) is 0 Å². The minimum absolute atomic E-state index is 0.0448. The number of amides is 1. The lowest BCUT2D eigenvalue weighted by Crippen LogP contribution is -2.29. The topological polar surface area (TPSA) is 102 Å². The largest absolute Gasteiger partial charge is 0.507 e. The molecule has 174 valence electrons. The number of aliphatic hydroxyl groups excluding tert-OH is 1. The van der Waals surface area contributed by atoms with Gasteiger partial charge in [0, 0.05) is 18.0 Å². The van der Waals surface area contributed by atoms with E-state index in [0.29, 0.717) is 27.3 Å². The molecule has 1 atom stereocenters. The van der Waals surface area contributed by atoms with E-state index < -0.39 is 23.5 Å². The van der Waals surface area contributed by atoms with Gasteiger partial charge in [-0.2, -0.15) is 0 Å². The van der Waals surface area contributed by atoms with Crippen molar-refractivity contribution in [2.45, 2.75) is 6.04 Å². The zero-order valence-corrected chi connectivity index (χ0v) is 19.1. The normalized spacial score (nSPS) is 18.6. The Morgan fingerprint density at radius 2 is 1.89 bits per heavy atom. The van der Waals surface area contributed by atoms with Crippen LogP contribution in [0.2, 0.25) is 5.02 Å². The zero-order valence-electron chi connectivity index (χ0n) is 17.6. The van der Waals surface area contributed by atoms with Gasteiger partial charge in [-0.15, -0.1) is 0 Å². The Bertz CT molecular complexity index is 1530. The van der Waals surface area contributed by atoms with Crippen LogP contribution in [0.5, 0.6) is 11.5 Å². The predicted octanol–water partition coefficient (Wildman–Crippen LogP) is 4.84. The Hall–Kier alpha value is -4.02. The smallest absolute Gasteiger partial charge is 0.301 e. The van der Waals surface area contributed by atoms with Crippen molar-refractivity contribution in [2.24, 2.45) is 0 Å². The van der Waals surface area contributed by atoms with Crippen molar-refractivity contribution < 1.29 is 28.6 Å². The summed E-state index contributed by atoms with van der Waals surface area (Å²) in [5.74, 6) is -1.84. The van der Waals surface area contributed by atoms with Crippen LogP contribution in [0.4, 0.5) is 9.52 Å². The molecule has 1 saturated heterocycles. The number of ether oxygens (including phenoxy) is 2. The Morgan fingerprint density at radius 3 is 2.69 bits per heavy atom. The number of fused-ring (bicyclic) bond motifs is 2. The second-order valence-corrected chi connectivity index (χ2v) is 9.16. The number of benzene rings is 2. The van der Waals surface area contributed by atoms with Crippen molar-refractivity contribution in [3.8, 4) is 11.5 Å². The second kappa shape index (κ2) is 8.03. The molecule has 1 fully saturated rings. The number of halogens is 2. The highest BCUT2D eigenvalue weighted by Crippen LogP contribution is 2.45. The lowest BCUT2D eigenvalue weighted by Gasteiger charge is -2.22. The van der Waals surface area contributed by atoms with Gasteiger partial charge in [-0.05, 0) is 48.0 Å². The molecule has 11 heteroatoms. The van der Waals surface area contributed by atoms with Gasteiger partial charge in [-0.1, -0.05) is 22.9 Å². The molecule has 2 aliphatic rings. The third kappa shape index (κ3) is 3.41. The quantitative estimate of drug-likeness (QED) is 0.239. The molecular weight excluding hydrogens is 497 g/mol. The molecule has 1 N–H and O–H groups in total. The molecule has 0 spiro atoms. The molecule has 4 aromatic rings. The first-order chi connectivity index (χ1) is 16.9. The first-order valence-electron chi connectivity index (χ1n) is 10.3. The molecular formula is C24H13ClFN3O5S. The van der Waals surface area contributed by atoms with E-state index in [-0.39, 0.29) is 33.8 Å². The van der Waals surface area contributed by atoms with Crippen LogP contribution in [0.25, 0.3) is 16.0 Å². The van der Waals surface area contributed by atoms with E-state index in [0.717, 1.165) is 11.3 Å². The number of Topliss-reactive ketones (excluding diaryl/α,β-unsaturated/α-hetero) is 1. The van der Waals surface area contributed by atoms with Gasteiger partial charge >= 0.3 is 5.91 Å². The minimum atomic E-state index is -0.996. The number of ketones is 1. The van der Waals surface area contributed by atoms with Gasteiger partial charge in [0.05, 0.1) is 26.9 Å². The van der Waals surface area contributed by atoms with Gasteiger partial charge in [0.25, 0.3) is 5.78 Å². The summed E-state index contributed by atoms with van der Waals surface area (Å²) < 4.78 is 25.2. The van der Waals surface area contributed by atoms with Crippen LogP contribution in [0.1, 0.15) is 17.2 Å². The number of nitrogens with zero attached hydrogens (tertiary/aromatic N) is 3. The summed E-state index contributed by atoms with van der Waals surface area (Å²) in [6, 6.07) is 9.59. The number of thiazole rings is 1. The lowest BCUT2D eigenvalue weighted by molar-refractivity contribution is -0.132. The fraction of sp³-hybridized carbons (Fsp3) is 0.0833. The summed E-state index contributed by atoms with van der Waals surface area (Å²) in [6.45, 7) is 0.0448. The number of carbonyl (C=O) groups excluding carboxylic acids is 2. The highest BCUT2D eigenvalue weighted by molar-refractivity contribution is 7.22. The summed E-state index contributed by atoms with van der Waals surface area (Å²) >= 11 is 6.93. The Labute approximate surface area is 205 Å². The zero-order chi connectivity index (χ0) is 24.3. The second-order valence-electron chi connectivity index (χ2n) is 7.75. The highest BCUT2D eigenvalue weighted by Gasteiger charge is 2.48. The van der Waals surface area contributed by atoms with E-state index in [4.69, 9.17) is 21.1 Å². The van der Waals surface area contributed by atoms with Crippen LogP contribution < -0.4 is 14.4 Å². The van der Waals surface area contributed by atoms with E-state index in [2.05, 4.69) is 9.97 Å². The van der Waals surface area contributed by atoms with Crippen molar-refractivity contribution >= 4 is 55.7 Å². The molecule has 2 aromatic heterocycles. The van der Waals surface area contributed by atoms with Crippen molar-refractivity contribution in [2.75, 3.05) is 11.7 Å². The maximum Gasteiger partial charge on any atom is 0.301 e. The lowest BCUT2D eigenvalue weighted by atomic mass is 9.96. The van der Waals surface area contributed by atoms with Gasteiger partial charge in [0.15, 0.2) is 16.6 Å². The van der Waals surface area contributed by atoms with E-state index in [1.165, 1.54) is 35.5 Å². The summed E-state index contributed by atoms with van der Waals surface area (Å²) in [5, 5.41) is 11.3. The van der Waals surface area contributed by atoms with Gasteiger partial charge in [0.2, 0.25) is 6.79 Å². The monoisotopic (exact) mass is 509 g/mol. The average molecular weight is 510 g/mol. The molecule has 1 amide bonds. The average Bonchev–Trinajstić information content (AvgIpc) is 3.55. The molecule has 0 radical (unpaired) electrons. The van der Waals surface area contributed by atoms with Crippen LogP contribution >= 0.6 is 22.9 Å². The number of anilines is 1. The molecule has 0 bridgehead atoms. The molecule has 0 aliphatic carbocycles. The number of hydrogen-bond donors (Lipinski definition) is 1. The summed E-state index contributed by atoms with van der Waals surface area (Å²) in [5.41, 5.74) is 1.07. The summed E-state index contributed by atoms with van der Waals surface area (Å²) in [6.07, 6.45) is 3.03. The van der Waals surface area contributed by atoms with Crippen molar-refractivity contribution in [3.63, 3.8) is 0 Å². The van der Waals surface area contributed by atoms with E-state index in [1.807, 2.05) is 0 Å². The molecule has 35 heavy (non-hydrogen) atoms. The molecule has 2 aliphatic heterocycles. The number of aliphatic hydroxyl groups is 1. The van der Waals surface area contributed by atoms with Crippen molar-refractivity contribution in [1.82, 2.24) is 9.97 Å². The first-order valence-corrected chi connectivity index (χ1v) is 11.5. The Morgan fingerprint density at radius 1 is 1.11 bits per heavy atom. The van der Waals surface area contributed by atoms with Gasteiger partial charge in [-0.3, -0.25) is 19.5 Å². The van der Waals surface area contributed by atoms with Crippen LogP contribution in [0.15, 0.2) is 60.4 Å². The Balaban J connectivity index is 1.54. The van der Waals surface area contributed by atoms with Crippen molar-refractivity contribution in [3.05, 3.63) is 82.4 Å². The third-order valence-corrected chi connectivity index (χ3v) is 7.04. The van der Waals surface area contributed by atoms with Gasteiger partial charge in [-0.25, -0.2) is 9.37 Å².